The first-order valence-electron chi connectivity index (χ1n) is 7.72. The van der Waals surface area contributed by atoms with E-state index >= 15 is 0 Å². The topological polar surface area (TPSA) is 3.24 Å². The Hall–Kier alpha value is -0.730. The van der Waals surface area contributed by atoms with Crippen molar-refractivity contribution in [2.75, 3.05) is 19.3 Å². The van der Waals surface area contributed by atoms with Crippen LogP contribution < -0.4 is 0 Å². The van der Waals surface area contributed by atoms with Crippen LogP contribution in [0.4, 0.5) is 0 Å². The minimum atomic E-state index is 1.08. The quantitative estimate of drug-likeness (QED) is 0.325. The van der Waals surface area contributed by atoms with Gasteiger partial charge in [0.25, 0.3) is 0 Å². The minimum Gasteiger partial charge on any atom is -0.250 e. The van der Waals surface area contributed by atoms with Gasteiger partial charge in [-0.3, -0.25) is 0 Å². The van der Waals surface area contributed by atoms with Gasteiger partial charge < -0.3 is 0 Å². The Balaban J connectivity index is 1.95. The van der Waals surface area contributed by atoms with E-state index in [1.807, 2.05) is 11.9 Å². The highest BCUT2D eigenvalue weighted by Gasteiger charge is 1.99. The Bertz CT molecular complexity index is 372. The average Bonchev–Trinajstić information content (AvgIpc) is 2.47. The lowest BCUT2D eigenvalue weighted by atomic mass is 10.1. The standard InChI is InChI=1S/C18H29NS/c1-4-17(2)16-19(3)20-15-11-6-5-8-12-18-13-9-7-10-14-18/h4,7,9-10,13-14H,5-6,8,11-12,15-16H2,1-3H3/b17-4+. The smallest absolute Gasteiger partial charge is 0.0294 e. The van der Waals surface area contributed by atoms with Crippen LogP contribution in [-0.2, 0) is 6.42 Å². The van der Waals surface area contributed by atoms with Crippen LogP contribution in [0.3, 0.4) is 0 Å². The van der Waals surface area contributed by atoms with Crippen LogP contribution >= 0.6 is 11.9 Å². The maximum atomic E-state index is 2.35. The first-order valence-corrected chi connectivity index (χ1v) is 8.66. The van der Waals surface area contributed by atoms with Crippen molar-refractivity contribution in [3.63, 3.8) is 0 Å². The Morgan fingerprint density at radius 2 is 1.80 bits per heavy atom. The van der Waals surface area contributed by atoms with Crippen molar-refractivity contribution in [3.05, 3.63) is 47.5 Å². The van der Waals surface area contributed by atoms with Crippen LogP contribution in [0.1, 0.15) is 45.1 Å². The van der Waals surface area contributed by atoms with Gasteiger partial charge in [-0.1, -0.05) is 66.8 Å². The van der Waals surface area contributed by atoms with Gasteiger partial charge in [0.15, 0.2) is 0 Å². The molecule has 1 rings (SSSR count). The lowest BCUT2D eigenvalue weighted by Crippen LogP contribution is -2.12. The molecule has 0 aliphatic heterocycles. The number of benzene rings is 1. The van der Waals surface area contributed by atoms with Crippen molar-refractivity contribution in [1.29, 1.82) is 0 Å². The molecule has 0 radical (unpaired) electrons. The maximum Gasteiger partial charge on any atom is 0.0294 e. The molecule has 0 saturated heterocycles. The van der Waals surface area contributed by atoms with Crippen LogP contribution in [-0.4, -0.2) is 23.7 Å². The molecule has 0 bridgehead atoms. The molecule has 0 aliphatic rings. The summed E-state index contributed by atoms with van der Waals surface area (Å²) >= 11 is 1.97. The highest BCUT2D eigenvalue weighted by molar-refractivity contribution is 7.96. The number of hydrogen-bond acceptors (Lipinski definition) is 2. The first kappa shape index (κ1) is 17.3. The molecule has 0 heterocycles. The third-order valence-corrected chi connectivity index (χ3v) is 4.52. The summed E-state index contributed by atoms with van der Waals surface area (Å²) in [4.78, 5) is 0. The Kier molecular flexibility index (Phi) is 9.52. The molecule has 0 amide bonds. The van der Waals surface area contributed by atoms with E-state index in [2.05, 4.69) is 61.6 Å². The molecule has 0 N–H and O–H groups in total. The van der Waals surface area contributed by atoms with E-state index in [0.717, 1.165) is 6.54 Å². The number of likely N-dealkylation sites (N-methyl/N-ethyl adjacent to an activating group) is 1. The SMILES string of the molecule is C/C=C(\C)CN(C)SCCCCCCc1ccccc1. The summed E-state index contributed by atoms with van der Waals surface area (Å²) in [6.45, 7) is 5.39. The van der Waals surface area contributed by atoms with E-state index in [0.29, 0.717) is 0 Å². The van der Waals surface area contributed by atoms with E-state index in [1.54, 1.807) is 0 Å². The highest BCUT2D eigenvalue weighted by atomic mass is 32.2. The zero-order valence-electron chi connectivity index (χ0n) is 13.3. The molecule has 1 nitrogen and oxygen atoms in total. The molecule has 0 atom stereocenters. The molecule has 112 valence electrons. The Labute approximate surface area is 129 Å². The summed E-state index contributed by atoms with van der Waals surface area (Å²) in [5.74, 6) is 1.25. The normalized spacial score (nSPS) is 12.1. The summed E-state index contributed by atoms with van der Waals surface area (Å²) in [6, 6.07) is 10.8. The number of aryl methyl sites for hydroxylation is 1. The Morgan fingerprint density at radius 3 is 2.50 bits per heavy atom. The summed E-state index contributed by atoms with van der Waals surface area (Å²) in [7, 11) is 2.19. The minimum absolute atomic E-state index is 1.08. The van der Waals surface area contributed by atoms with E-state index in [9.17, 15) is 0 Å². The maximum absolute atomic E-state index is 2.35. The molecule has 0 aliphatic carbocycles. The predicted molar refractivity (Wildman–Crippen MR) is 93.1 cm³/mol. The van der Waals surface area contributed by atoms with E-state index in [-0.39, 0.29) is 0 Å². The van der Waals surface area contributed by atoms with E-state index in [4.69, 9.17) is 0 Å². The number of allylic oxidation sites excluding steroid dienone is 1. The molecule has 2 heteroatoms. The summed E-state index contributed by atoms with van der Waals surface area (Å²) in [5.41, 5.74) is 2.92. The van der Waals surface area contributed by atoms with E-state index < -0.39 is 0 Å². The van der Waals surface area contributed by atoms with Gasteiger partial charge in [0, 0.05) is 12.3 Å². The van der Waals surface area contributed by atoms with Crippen molar-refractivity contribution in [1.82, 2.24) is 4.31 Å². The molecule has 1 aromatic rings. The second-order valence-electron chi connectivity index (χ2n) is 5.40. The fourth-order valence-electron chi connectivity index (χ4n) is 2.14. The number of rotatable bonds is 10. The zero-order chi connectivity index (χ0) is 14.6. The molecule has 0 aromatic heterocycles. The van der Waals surface area contributed by atoms with Gasteiger partial charge in [-0.2, -0.15) is 0 Å². The van der Waals surface area contributed by atoms with Crippen molar-refractivity contribution < 1.29 is 0 Å². The lowest BCUT2D eigenvalue weighted by Gasteiger charge is -2.15. The molecular formula is C18H29NS. The monoisotopic (exact) mass is 291 g/mol. The van der Waals surface area contributed by atoms with Gasteiger partial charge in [-0.05, 0) is 45.7 Å². The molecule has 0 saturated carbocycles. The van der Waals surface area contributed by atoms with Crippen molar-refractivity contribution in [2.24, 2.45) is 0 Å². The van der Waals surface area contributed by atoms with Crippen LogP contribution in [0.5, 0.6) is 0 Å². The van der Waals surface area contributed by atoms with Crippen molar-refractivity contribution in [2.45, 2.75) is 46.0 Å². The third kappa shape index (κ3) is 8.44. The molecule has 0 fully saturated rings. The highest BCUT2D eigenvalue weighted by Crippen LogP contribution is 2.14. The summed E-state index contributed by atoms with van der Waals surface area (Å²) in [6.07, 6.45) is 8.79. The van der Waals surface area contributed by atoms with Gasteiger partial charge in [0.1, 0.15) is 0 Å². The van der Waals surface area contributed by atoms with Gasteiger partial charge in [0.05, 0.1) is 0 Å². The predicted octanol–water partition coefficient (Wildman–Crippen LogP) is 5.34. The van der Waals surface area contributed by atoms with Gasteiger partial charge in [0.2, 0.25) is 0 Å². The van der Waals surface area contributed by atoms with Crippen molar-refractivity contribution in [3.8, 4) is 0 Å². The fourth-order valence-corrected chi connectivity index (χ4v) is 3.08. The number of unbranched alkanes of at least 4 members (excludes halogenated alkanes) is 3. The molecule has 0 spiro atoms. The first-order chi connectivity index (χ1) is 9.72. The van der Waals surface area contributed by atoms with Crippen LogP contribution in [0, 0.1) is 0 Å². The zero-order valence-corrected chi connectivity index (χ0v) is 14.1. The lowest BCUT2D eigenvalue weighted by molar-refractivity contribution is 0.610. The van der Waals surface area contributed by atoms with Crippen LogP contribution in [0.2, 0.25) is 0 Å². The van der Waals surface area contributed by atoms with Gasteiger partial charge >= 0.3 is 0 Å². The number of nitrogens with zero attached hydrogens (tertiary/aromatic N) is 1. The molecule has 0 unspecified atom stereocenters. The largest absolute Gasteiger partial charge is 0.250 e. The molecular weight excluding hydrogens is 262 g/mol. The van der Waals surface area contributed by atoms with Crippen molar-refractivity contribution >= 4 is 11.9 Å². The molecule has 20 heavy (non-hydrogen) atoms. The van der Waals surface area contributed by atoms with Crippen LogP contribution in [0.15, 0.2) is 42.0 Å². The second-order valence-corrected chi connectivity index (χ2v) is 6.69. The fraction of sp³-hybridized carbons (Fsp3) is 0.556. The van der Waals surface area contributed by atoms with Gasteiger partial charge in [-0.25, -0.2) is 4.31 Å². The second kappa shape index (κ2) is 11.0. The third-order valence-electron chi connectivity index (χ3n) is 3.48. The average molecular weight is 292 g/mol. The van der Waals surface area contributed by atoms with Gasteiger partial charge in [-0.15, -0.1) is 0 Å². The van der Waals surface area contributed by atoms with Crippen LogP contribution in [0.25, 0.3) is 0 Å². The molecule has 1 aromatic carbocycles. The van der Waals surface area contributed by atoms with E-state index in [1.165, 1.54) is 49.0 Å². The number of hydrogen-bond donors (Lipinski definition) is 0. The Morgan fingerprint density at radius 1 is 1.10 bits per heavy atom. The summed E-state index contributed by atoms with van der Waals surface area (Å²) in [5, 5.41) is 0. The summed E-state index contributed by atoms with van der Waals surface area (Å²) < 4.78 is 2.35.